The monoisotopic (exact) mass is 309 g/mol. The summed E-state index contributed by atoms with van der Waals surface area (Å²) in [5, 5.41) is 2.53. The van der Waals surface area contributed by atoms with Gasteiger partial charge in [-0.3, -0.25) is 4.79 Å². The lowest BCUT2D eigenvalue weighted by Gasteiger charge is -2.17. The zero-order valence-electron chi connectivity index (χ0n) is 12.7. The standard InChI is InChI=1S/C16H20FNO4/c1-4-8-22-15-10-12(6-7-13(15)17)9-14(18-11(3)19)16(20)21-5-2/h4,6-7,10,14H,1,5,8-9H2,2-3H3,(H,18,19). The Hall–Kier alpha value is -2.37. The molecule has 0 fully saturated rings. The lowest BCUT2D eigenvalue weighted by Crippen LogP contribution is -2.42. The number of ether oxygens (including phenoxy) is 2. The summed E-state index contributed by atoms with van der Waals surface area (Å²) in [7, 11) is 0. The number of nitrogens with one attached hydrogen (secondary N) is 1. The van der Waals surface area contributed by atoms with Crippen LogP contribution in [0.25, 0.3) is 0 Å². The summed E-state index contributed by atoms with van der Waals surface area (Å²) in [6, 6.07) is 3.45. The number of amides is 1. The molecular weight excluding hydrogens is 289 g/mol. The highest BCUT2D eigenvalue weighted by atomic mass is 19.1. The van der Waals surface area contributed by atoms with Crippen molar-refractivity contribution >= 4 is 11.9 Å². The summed E-state index contributed by atoms with van der Waals surface area (Å²) in [5.74, 6) is -1.31. The van der Waals surface area contributed by atoms with E-state index in [4.69, 9.17) is 9.47 Å². The number of halogens is 1. The third-order valence-corrected chi connectivity index (χ3v) is 2.74. The van der Waals surface area contributed by atoms with Crippen molar-refractivity contribution in [3.63, 3.8) is 0 Å². The number of rotatable bonds is 8. The first-order valence-electron chi connectivity index (χ1n) is 6.93. The lowest BCUT2D eigenvalue weighted by molar-refractivity contribution is -0.147. The van der Waals surface area contributed by atoms with Gasteiger partial charge in [0.15, 0.2) is 11.6 Å². The molecule has 1 aromatic rings. The van der Waals surface area contributed by atoms with E-state index in [2.05, 4.69) is 11.9 Å². The number of esters is 1. The minimum Gasteiger partial charge on any atom is -0.486 e. The second kappa shape index (κ2) is 8.81. The molecule has 1 unspecified atom stereocenters. The van der Waals surface area contributed by atoms with Gasteiger partial charge in [-0.1, -0.05) is 18.7 Å². The Morgan fingerprint density at radius 3 is 2.77 bits per heavy atom. The number of carbonyl (C=O) groups excluding carboxylic acids is 2. The molecule has 0 aliphatic heterocycles. The highest BCUT2D eigenvalue weighted by Gasteiger charge is 2.21. The molecule has 0 saturated carbocycles. The number of benzene rings is 1. The van der Waals surface area contributed by atoms with Crippen molar-refractivity contribution in [2.75, 3.05) is 13.2 Å². The molecule has 0 radical (unpaired) electrons. The van der Waals surface area contributed by atoms with Gasteiger partial charge in [-0.05, 0) is 24.6 Å². The quantitative estimate of drug-likeness (QED) is 0.589. The Balaban J connectivity index is 2.89. The van der Waals surface area contributed by atoms with Crippen LogP contribution in [-0.2, 0) is 20.7 Å². The molecule has 6 heteroatoms. The van der Waals surface area contributed by atoms with Crippen LogP contribution in [-0.4, -0.2) is 31.1 Å². The third kappa shape index (κ3) is 5.55. The fourth-order valence-corrected chi connectivity index (χ4v) is 1.85. The minimum absolute atomic E-state index is 0.0721. The summed E-state index contributed by atoms with van der Waals surface area (Å²) >= 11 is 0. The normalized spacial score (nSPS) is 11.4. The predicted octanol–water partition coefficient (Wildman–Crippen LogP) is 2.00. The highest BCUT2D eigenvalue weighted by Crippen LogP contribution is 2.20. The van der Waals surface area contributed by atoms with Crippen LogP contribution in [0.2, 0.25) is 0 Å². The van der Waals surface area contributed by atoms with Crippen LogP contribution in [0.4, 0.5) is 4.39 Å². The molecule has 1 aromatic carbocycles. The maximum Gasteiger partial charge on any atom is 0.328 e. The molecule has 0 spiro atoms. The lowest BCUT2D eigenvalue weighted by atomic mass is 10.1. The van der Waals surface area contributed by atoms with E-state index in [0.717, 1.165) is 0 Å². The molecule has 1 rings (SSSR count). The van der Waals surface area contributed by atoms with Gasteiger partial charge in [-0.2, -0.15) is 0 Å². The minimum atomic E-state index is -0.824. The van der Waals surface area contributed by atoms with Crippen molar-refractivity contribution in [1.29, 1.82) is 0 Å². The zero-order chi connectivity index (χ0) is 16.5. The Morgan fingerprint density at radius 1 is 1.45 bits per heavy atom. The van der Waals surface area contributed by atoms with Crippen molar-refractivity contribution in [3.05, 3.63) is 42.2 Å². The van der Waals surface area contributed by atoms with Gasteiger partial charge in [0, 0.05) is 13.3 Å². The van der Waals surface area contributed by atoms with E-state index in [-0.39, 0.29) is 31.3 Å². The molecule has 1 amide bonds. The van der Waals surface area contributed by atoms with Crippen molar-refractivity contribution in [2.45, 2.75) is 26.3 Å². The van der Waals surface area contributed by atoms with Gasteiger partial charge in [-0.25, -0.2) is 9.18 Å². The Labute approximate surface area is 129 Å². The van der Waals surface area contributed by atoms with Gasteiger partial charge in [0.05, 0.1) is 6.61 Å². The summed E-state index contributed by atoms with van der Waals surface area (Å²) in [6.07, 6.45) is 1.69. The Kier molecular flexibility index (Phi) is 7.08. The van der Waals surface area contributed by atoms with E-state index < -0.39 is 17.8 Å². The number of carbonyl (C=O) groups is 2. The fourth-order valence-electron chi connectivity index (χ4n) is 1.85. The van der Waals surface area contributed by atoms with Crippen molar-refractivity contribution in [3.8, 4) is 5.75 Å². The van der Waals surface area contributed by atoms with Gasteiger partial charge in [0.25, 0.3) is 0 Å². The average Bonchev–Trinajstić information content (AvgIpc) is 2.46. The SMILES string of the molecule is C=CCOc1cc(CC(NC(C)=O)C(=O)OCC)ccc1F. The molecule has 0 saturated heterocycles. The molecule has 0 aromatic heterocycles. The van der Waals surface area contributed by atoms with Gasteiger partial charge in [0.2, 0.25) is 5.91 Å². The molecule has 22 heavy (non-hydrogen) atoms. The van der Waals surface area contributed by atoms with Crippen LogP contribution < -0.4 is 10.1 Å². The summed E-state index contributed by atoms with van der Waals surface area (Å²) in [6.45, 7) is 6.88. The first-order chi connectivity index (χ1) is 10.5. The van der Waals surface area contributed by atoms with Crippen LogP contribution in [0.5, 0.6) is 5.75 Å². The summed E-state index contributed by atoms with van der Waals surface area (Å²) in [5.41, 5.74) is 0.646. The van der Waals surface area contributed by atoms with E-state index in [1.807, 2.05) is 0 Å². The highest BCUT2D eigenvalue weighted by molar-refractivity contribution is 5.83. The van der Waals surface area contributed by atoms with E-state index in [1.54, 1.807) is 6.92 Å². The Morgan fingerprint density at radius 2 is 2.18 bits per heavy atom. The van der Waals surface area contributed by atoms with Crippen LogP contribution >= 0.6 is 0 Å². The van der Waals surface area contributed by atoms with Gasteiger partial charge in [0.1, 0.15) is 12.6 Å². The molecule has 0 heterocycles. The number of hydrogen-bond acceptors (Lipinski definition) is 4. The smallest absolute Gasteiger partial charge is 0.328 e. The van der Waals surface area contributed by atoms with Gasteiger partial charge in [-0.15, -0.1) is 0 Å². The van der Waals surface area contributed by atoms with E-state index in [1.165, 1.54) is 31.2 Å². The molecule has 120 valence electrons. The second-order valence-corrected chi connectivity index (χ2v) is 4.57. The van der Waals surface area contributed by atoms with E-state index in [9.17, 15) is 14.0 Å². The van der Waals surface area contributed by atoms with Crippen molar-refractivity contribution < 1.29 is 23.5 Å². The predicted molar refractivity (Wildman–Crippen MR) is 80.0 cm³/mol. The average molecular weight is 309 g/mol. The molecule has 1 N–H and O–H groups in total. The van der Waals surface area contributed by atoms with E-state index in [0.29, 0.717) is 5.56 Å². The van der Waals surface area contributed by atoms with Crippen molar-refractivity contribution in [1.82, 2.24) is 5.32 Å². The maximum atomic E-state index is 13.6. The molecule has 5 nitrogen and oxygen atoms in total. The maximum absolute atomic E-state index is 13.6. The van der Waals surface area contributed by atoms with E-state index >= 15 is 0 Å². The fraction of sp³-hybridized carbons (Fsp3) is 0.375. The van der Waals surface area contributed by atoms with Gasteiger partial charge >= 0.3 is 5.97 Å². The molecular formula is C16H20FNO4. The topological polar surface area (TPSA) is 64.6 Å². The zero-order valence-corrected chi connectivity index (χ0v) is 12.7. The van der Waals surface area contributed by atoms with Crippen LogP contribution in [0.1, 0.15) is 19.4 Å². The van der Waals surface area contributed by atoms with Crippen LogP contribution in [0.15, 0.2) is 30.9 Å². The molecule has 0 bridgehead atoms. The first-order valence-corrected chi connectivity index (χ1v) is 6.93. The first kappa shape index (κ1) is 17.7. The largest absolute Gasteiger partial charge is 0.486 e. The molecule has 1 atom stereocenters. The molecule has 0 aliphatic rings. The Bertz CT molecular complexity index is 545. The third-order valence-electron chi connectivity index (χ3n) is 2.74. The van der Waals surface area contributed by atoms with Crippen LogP contribution in [0, 0.1) is 5.82 Å². The summed E-state index contributed by atoms with van der Waals surface area (Å²) in [4.78, 5) is 23.1. The second-order valence-electron chi connectivity index (χ2n) is 4.57. The number of hydrogen-bond donors (Lipinski definition) is 1. The van der Waals surface area contributed by atoms with Crippen LogP contribution in [0.3, 0.4) is 0 Å². The van der Waals surface area contributed by atoms with Crippen molar-refractivity contribution in [2.24, 2.45) is 0 Å². The summed E-state index contributed by atoms with van der Waals surface area (Å²) < 4.78 is 23.7. The molecule has 0 aliphatic carbocycles. The van der Waals surface area contributed by atoms with Gasteiger partial charge < -0.3 is 14.8 Å².